The predicted octanol–water partition coefficient (Wildman–Crippen LogP) is 0.654. The van der Waals surface area contributed by atoms with Crippen LogP contribution in [0.25, 0.3) is 0 Å². The van der Waals surface area contributed by atoms with Crippen LogP contribution in [0.15, 0.2) is 24.5 Å². The Labute approximate surface area is 90.0 Å². The largest absolute Gasteiger partial charge is 0.354 e. The van der Waals surface area contributed by atoms with Crippen molar-refractivity contribution in [1.82, 2.24) is 14.8 Å². The standard InChI is InChI=1S/C11H16N4/c1-14-5-7-15(8-6-14)11(12)10-3-2-4-13-9-10/h2-4,9,12H,5-8H2,1H3. The molecule has 1 saturated heterocycles. The fourth-order valence-corrected chi connectivity index (χ4v) is 1.72. The summed E-state index contributed by atoms with van der Waals surface area (Å²) in [5, 5.41) is 8.06. The molecule has 1 fully saturated rings. The average Bonchev–Trinajstić information content (AvgIpc) is 2.30. The Balaban J connectivity index is 2.03. The molecule has 0 atom stereocenters. The first kappa shape index (κ1) is 10.1. The lowest BCUT2D eigenvalue weighted by molar-refractivity contribution is 0.215. The quantitative estimate of drug-likeness (QED) is 0.539. The van der Waals surface area contributed by atoms with Crippen molar-refractivity contribution in [3.8, 4) is 0 Å². The Kier molecular flexibility index (Phi) is 2.97. The highest BCUT2D eigenvalue weighted by molar-refractivity contribution is 5.96. The number of hydrogen-bond donors (Lipinski definition) is 1. The highest BCUT2D eigenvalue weighted by atomic mass is 15.3. The molecular weight excluding hydrogens is 188 g/mol. The SMILES string of the molecule is CN1CCN(C(=N)c2cccnc2)CC1. The van der Waals surface area contributed by atoms with Gasteiger partial charge in [-0.1, -0.05) is 0 Å². The molecule has 2 rings (SSSR count). The van der Waals surface area contributed by atoms with E-state index in [9.17, 15) is 0 Å². The number of pyridine rings is 1. The zero-order valence-corrected chi connectivity index (χ0v) is 8.98. The lowest BCUT2D eigenvalue weighted by Gasteiger charge is -2.34. The van der Waals surface area contributed by atoms with E-state index >= 15 is 0 Å². The van der Waals surface area contributed by atoms with E-state index in [1.807, 2.05) is 12.1 Å². The van der Waals surface area contributed by atoms with Gasteiger partial charge in [-0.3, -0.25) is 10.4 Å². The number of amidine groups is 1. The van der Waals surface area contributed by atoms with Gasteiger partial charge in [-0.15, -0.1) is 0 Å². The third-order valence-electron chi connectivity index (χ3n) is 2.75. The van der Waals surface area contributed by atoms with Gasteiger partial charge in [-0.2, -0.15) is 0 Å². The third kappa shape index (κ3) is 2.33. The van der Waals surface area contributed by atoms with E-state index in [-0.39, 0.29) is 0 Å². The Hall–Kier alpha value is -1.42. The van der Waals surface area contributed by atoms with Gasteiger partial charge >= 0.3 is 0 Å². The van der Waals surface area contributed by atoms with Gasteiger partial charge in [0.25, 0.3) is 0 Å². The topological polar surface area (TPSA) is 43.2 Å². The maximum absolute atomic E-state index is 8.06. The van der Waals surface area contributed by atoms with Crippen molar-refractivity contribution in [3.63, 3.8) is 0 Å². The number of rotatable bonds is 1. The lowest BCUT2D eigenvalue weighted by atomic mass is 10.2. The molecule has 4 nitrogen and oxygen atoms in total. The molecule has 0 bridgehead atoms. The molecule has 1 aliphatic rings. The summed E-state index contributed by atoms with van der Waals surface area (Å²) in [6.07, 6.45) is 3.49. The minimum absolute atomic E-state index is 0.594. The zero-order valence-electron chi connectivity index (χ0n) is 8.98. The maximum Gasteiger partial charge on any atom is 0.129 e. The van der Waals surface area contributed by atoms with Gasteiger partial charge < -0.3 is 9.80 Å². The third-order valence-corrected chi connectivity index (χ3v) is 2.75. The highest BCUT2D eigenvalue weighted by Gasteiger charge is 2.17. The normalized spacial score (nSPS) is 17.8. The van der Waals surface area contributed by atoms with Gasteiger partial charge in [0.05, 0.1) is 0 Å². The Bertz CT molecular complexity index is 328. The molecule has 4 heteroatoms. The molecule has 0 unspecified atom stereocenters. The minimum atomic E-state index is 0.594. The van der Waals surface area contributed by atoms with Gasteiger partial charge in [0.15, 0.2) is 0 Å². The number of nitrogens with one attached hydrogen (secondary N) is 1. The Morgan fingerprint density at radius 1 is 1.33 bits per heavy atom. The van der Waals surface area contributed by atoms with Crippen LogP contribution in [-0.2, 0) is 0 Å². The first-order valence-electron chi connectivity index (χ1n) is 5.20. The second-order valence-corrected chi connectivity index (χ2v) is 3.88. The monoisotopic (exact) mass is 204 g/mol. The Morgan fingerprint density at radius 2 is 2.07 bits per heavy atom. The molecular formula is C11H16N4. The van der Waals surface area contributed by atoms with Gasteiger partial charge in [0, 0.05) is 44.1 Å². The van der Waals surface area contributed by atoms with Crippen LogP contribution in [0.4, 0.5) is 0 Å². The number of aromatic nitrogens is 1. The van der Waals surface area contributed by atoms with Gasteiger partial charge in [0.2, 0.25) is 0 Å². The second kappa shape index (κ2) is 4.40. The number of piperazine rings is 1. The van der Waals surface area contributed by atoms with E-state index in [0.29, 0.717) is 5.84 Å². The average molecular weight is 204 g/mol. The molecule has 15 heavy (non-hydrogen) atoms. The fraction of sp³-hybridized carbons (Fsp3) is 0.455. The second-order valence-electron chi connectivity index (χ2n) is 3.88. The van der Waals surface area contributed by atoms with Crippen molar-refractivity contribution in [1.29, 1.82) is 5.41 Å². The van der Waals surface area contributed by atoms with Gasteiger partial charge in [-0.05, 0) is 19.2 Å². The van der Waals surface area contributed by atoms with Crippen LogP contribution < -0.4 is 0 Å². The summed E-state index contributed by atoms with van der Waals surface area (Å²) in [5.74, 6) is 0.594. The molecule has 0 amide bonds. The number of likely N-dealkylation sites (N-methyl/N-ethyl adjacent to an activating group) is 1. The van der Waals surface area contributed by atoms with E-state index < -0.39 is 0 Å². The highest BCUT2D eigenvalue weighted by Crippen LogP contribution is 2.06. The van der Waals surface area contributed by atoms with Crippen molar-refractivity contribution >= 4 is 5.84 Å². The number of nitrogens with zero attached hydrogens (tertiary/aromatic N) is 3. The molecule has 0 spiro atoms. The van der Waals surface area contributed by atoms with Crippen molar-refractivity contribution in [2.75, 3.05) is 33.2 Å². The molecule has 1 N–H and O–H groups in total. The molecule has 0 aliphatic carbocycles. The summed E-state index contributed by atoms with van der Waals surface area (Å²) >= 11 is 0. The van der Waals surface area contributed by atoms with E-state index in [2.05, 4.69) is 21.8 Å². The van der Waals surface area contributed by atoms with E-state index in [4.69, 9.17) is 5.41 Å². The summed E-state index contributed by atoms with van der Waals surface area (Å²) in [6, 6.07) is 3.81. The first-order valence-corrected chi connectivity index (χ1v) is 5.20. The predicted molar refractivity (Wildman–Crippen MR) is 60.1 cm³/mol. The van der Waals surface area contributed by atoms with Crippen LogP contribution in [0.1, 0.15) is 5.56 Å². The molecule has 2 heterocycles. The molecule has 1 aromatic heterocycles. The number of hydrogen-bond acceptors (Lipinski definition) is 3. The van der Waals surface area contributed by atoms with Crippen LogP contribution in [0.2, 0.25) is 0 Å². The van der Waals surface area contributed by atoms with Crippen molar-refractivity contribution in [2.24, 2.45) is 0 Å². The maximum atomic E-state index is 8.06. The summed E-state index contributed by atoms with van der Waals surface area (Å²) in [4.78, 5) is 8.43. The van der Waals surface area contributed by atoms with Crippen molar-refractivity contribution < 1.29 is 0 Å². The van der Waals surface area contributed by atoms with Crippen molar-refractivity contribution in [3.05, 3.63) is 30.1 Å². The Morgan fingerprint density at radius 3 is 2.67 bits per heavy atom. The molecule has 0 radical (unpaired) electrons. The molecule has 0 saturated carbocycles. The van der Waals surface area contributed by atoms with Crippen LogP contribution in [0.3, 0.4) is 0 Å². The summed E-state index contributed by atoms with van der Waals surface area (Å²) in [5.41, 5.74) is 0.905. The minimum Gasteiger partial charge on any atom is -0.354 e. The zero-order chi connectivity index (χ0) is 10.7. The van der Waals surface area contributed by atoms with Crippen LogP contribution in [-0.4, -0.2) is 53.8 Å². The van der Waals surface area contributed by atoms with Crippen LogP contribution in [0, 0.1) is 5.41 Å². The van der Waals surface area contributed by atoms with E-state index in [1.165, 1.54) is 0 Å². The van der Waals surface area contributed by atoms with Crippen LogP contribution in [0.5, 0.6) is 0 Å². The van der Waals surface area contributed by atoms with Gasteiger partial charge in [-0.25, -0.2) is 0 Å². The molecule has 0 aromatic carbocycles. The molecule has 80 valence electrons. The van der Waals surface area contributed by atoms with Crippen molar-refractivity contribution in [2.45, 2.75) is 0 Å². The van der Waals surface area contributed by atoms with E-state index in [1.54, 1.807) is 12.4 Å². The van der Waals surface area contributed by atoms with Gasteiger partial charge in [0.1, 0.15) is 5.84 Å². The summed E-state index contributed by atoms with van der Waals surface area (Å²) < 4.78 is 0. The smallest absolute Gasteiger partial charge is 0.129 e. The lowest BCUT2D eigenvalue weighted by Crippen LogP contribution is -2.47. The van der Waals surface area contributed by atoms with Crippen LogP contribution >= 0.6 is 0 Å². The molecule has 1 aliphatic heterocycles. The summed E-state index contributed by atoms with van der Waals surface area (Å²) in [6.45, 7) is 3.93. The summed E-state index contributed by atoms with van der Waals surface area (Å²) in [7, 11) is 2.12. The molecule has 1 aromatic rings. The first-order chi connectivity index (χ1) is 7.27. The fourth-order valence-electron chi connectivity index (χ4n) is 1.72. The van der Waals surface area contributed by atoms with E-state index in [0.717, 1.165) is 31.7 Å².